The van der Waals surface area contributed by atoms with Crippen LogP contribution < -0.4 is 10.6 Å². The van der Waals surface area contributed by atoms with Gasteiger partial charge in [-0.15, -0.1) is 0 Å². The van der Waals surface area contributed by atoms with Crippen LogP contribution in [0.25, 0.3) is 0 Å². The van der Waals surface area contributed by atoms with E-state index >= 15 is 0 Å². The summed E-state index contributed by atoms with van der Waals surface area (Å²) < 4.78 is 0. The minimum Gasteiger partial charge on any atom is -0.316 e. The van der Waals surface area contributed by atoms with Crippen LogP contribution in [0.5, 0.6) is 0 Å². The average molecular weight is 253 g/mol. The molecule has 0 spiro atoms. The van der Waals surface area contributed by atoms with Gasteiger partial charge in [0.1, 0.15) is 0 Å². The zero-order chi connectivity index (χ0) is 13.2. The first-order valence-electron chi connectivity index (χ1n) is 7.68. The minimum absolute atomic E-state index is 0.340. The lowest BCUT2D eigenvalue weighted by Gasteiger charge is -2.43. The van der Waals surface area contributed by atoms with E-state index in [1.807, 2.05) is 0 Å². The van der Waals surface area contributed by atoms with Crippen molar-refractivity contribution >= 4 is 0 Å². The molecular formula is C15H31N3. The van der Waals surface area contributed by atoms with Crippen LogP contribution in [0.2, 0.25) is 0 Å². The third-order valence-electron chi connectivity index (χ3n) is 4.68. The topological polar surface area (TPSA) is 27.3 Å². The fourth-order valence-corrected chi connectivity index (χ4v) is 3.28. The lowest BCUT2D eigenvalue weighted by molar-refractivity contribution is 0.0900. The Hall–Kier alpha value is -0.120. The third-order valence-corrected chi connectivity index (χ3v) is 4.68. The van der Waals surface area contributed by atoms with Crippen LogP contribution >= 0.6 is 0 Å². The molecular weight excluding hydrogens is 222 g/mol. The molecule has 2 aliphatic heterocycles. The summed E-state index contributed by atoms with van der Waals surface area (Å²) in [7, 11) is 0. The summed E-state index contributed by atoms with van der Waals surface area (Å²) in [6.07, 6.45) is 3.92. The highest BCUT2D eigenvalue weighted by Gasteiger charge is 2.29. The summed E-state index contributed by atoms with van der Waals surface area (Å²) in [5.74, 6) is 0.777. The third kappa shape index (κ3) is 3.69. The second kappa shape index (κ2) is 5.89. The lowest BCUT2D eigenvalue weighted by Crippen LogP contribution is -2.54. The number of nitrogens with one attached hydrogen (secondary N) is 2. The molecule has 106 valence electrons. The first-order valence-corrected chi connectivity index (χ1v) is 7.68. The minimum atomic E-state index is 0.340. The van der Waals surface area contributed by atoms with E-state index in [0.29, 0.717) is 5.54 Å². The highest BCUT2D eigenvalue weighted by molar-refractivity contribution is 4.88. The van der Waals surface area contributed by atoms with Crippen molar-refractivity contribution in [1.82, 2.24) is 15.5 Å². The summed E-state index contributed by atoms with van der Waals surface area (Å²) in [5, 5.41) is 7.39. The van der Waals surface area contributed by atoms with E-state index in [1.54, 1.807) is 0 Å². The zero-order valence-electron chi connectivity index (χ0n) is 12.6. The molecule has 0 bridgehead atoms. The molecule has 2 atom stereocenters. The van der Waals surface area contributed by atoms with Gasteiger partial charge in [0.25, 0.3) is 0 Å². The largest absolute Gasteiger partial charge is 0.316 e. The predicted molar refractivity (Wildman–Crippen MR) is 77.9 cm³/mol. The Labute approximate surface area is 113 Å². The fraction of sp³-hybridized carbons (Fsp3) is 1.00. The van der Waals surface area contributed by atoms with Gasteiger partial charge in [-0.2, -0.15) is 0 Å². The molecule has 0 aromatic heterocycles. The van der Waals surface area contributed by atoms with Crippen molar-refractivity contribution in [3.8, 4) is 0 Å². The number of hydrogen-bond donors (Lipinski definition) is 2. The smallest absolute Gasteiger partial charge is 0.0125 e. The van der Waals surface area contributed by atoms with Crippen molar-refractivity contribution in [3.05, 3.63) is 0 Å². The van der Waals surface area contributed by atoms with E-state index in [4.69, 9.17) is 0 Å². The quantitative estimate of drug-likeness (QED) is 0.786. The SMILES string of the molecule is CC1CNCCC1NC1CCN(C(C)(C)C)CC1. The van der Waals surface area contributed by atoms with Gasteiger partial charge >= 0.3 is 0 Å². The van der Waals surface area contributed by atoms with Gasteiger partial charge in [-0.3, -0.25) is 4.90 Å². The molecule has 0 aromatic rings. The Morgan fingerprint density at radius 1 is 1.11 bits per heavy atom. The van der Waals surface area contributed by atoms with Gasteiger partial charge in [0, 0.05) is 30.7 Å². The van der Waals surface area contributed by atoms with Gasteiger partial charge in [-0.25, -0.2) is 0 Å². The fourth-order valence-electron chi connectivity index (χ4n) is 3.28. The maximum atomic E-state index is 3.91. The monoisotopic (exact) mass is 253 g/mol. The zero-order valence-corrected chi connectivity index (χ0v) is 12.6. The van der Waals surface area contributed by atoms with Crippen molar-refractivity contribution < 1.29 is 0 Å². The van der Waals surface area contributed by atoms with Crippen LogP contribution in [0, 0.1) is 5.92 Å². The van der Waals surface area contributed by atoms with E-state index in [2.05, 4.69) is 43.2 Å². The van der Waals surface area contributed by atoms with E-state index in [0.717, 1.165) is 18.0 Å². The summed E-state index contributed by atoms with van der Waals surface area (Å²) in [5.41, 5.74) is 0.340. The molecule has 0 amide bonds. The van der Waals surface area contributed by atoms with Gasteiger partial charge in [-0.1, -0.05) is 6.92 Å². The standard InChI is InChI=1S/C15H31N3/c1-12-11-16-8-5-14(12)17-13-6-9-18(10-7-13)15(2,3)4/h12-14,16-17H,5-11H2,1-4H3. The van der Waals surface area contributed by atoms with E-state index in [9.17, 15) is 0 Å². The maximum Gasteiger partial charge on any atom is 0.0125 e. The summed E-state index contributed by atoms with van der Waals surface area (Å²) >= 11 is 0. The van der Waals surface area contributed by atoms with Gasteiger partial charge in [0.2, 0.25) is 0 Å². The van der Waals surface area contributed by atoms with Gasteiger partial charge in [0.05, 0.1) is 0 Å². The van der Waals surface area contributed by atoms with Gasteiger partial charge in [-0.05, 0) is 59.0 Å². The van der Waals surface area contributed by atoms with Crippen LogP contribution in [0.3, 0.4) is 0 Å². The molecule has 2 saturated heterocycles. The maximum absolute atomic E-state index is 3.91. The Balaban J connectivity index is 1.76. The predicted octanol–water partition coefficient (Wildman–Crippen LogP) is 1.84. The van der Waals surface area contributed by atoms with Crippen molar-refractivity contribution in [1.29, 1.82) is 0 Å². The molecule has 2 unspecified atom stereocenters. The number of likely N-dealkylation sites (tertiary alicyclic amines) is 1. The Morgan fingerprint density at radius 2 is 1.78 bits per heavy atom. The summed E-state index contributed by atoms with van der Waals surface area (Å²) in [4.78, 5) is 2.62. The lowest BCUT2D eigenvalue weighted by atomic mass is 9.92. The first-order chi connectivity index (χ1) is 8.47. The second-order valence-electron chi connectivity index (χ2n) is 7.18. The second-order valence-corrected chi connectivity index (χ2v) is 7.18. The van der Waals surface area contributed by atoms with Crippen molar-refractivity contribution in [2.24, 2.45) is 5.92 Å². The molecule has 2 rings (SSSR count). The number of hydrogen-bond acceptors (Lipinski definition) is 3. The van der Waals surface area contributed by atoms with Gasteiger partial charge in [0.15, 0.2) is 0 Å². The molecule has 18 heavy (non-hydrogen) atoms. The van der Waals surface area contributed by atoms with Crippen LogP contribution in [0.15, 0.2) is 0 Å². The van der Waals surface area contributed by atoms with Gasteiger partial charge < -0.3 is 10.6 Å². The molecule has 2 N–H and O–H groups in total. The van der Waals surface area contributed by atoms with Crippen LogP contribution in [0.4, 0.5) is 0 Å². The van der Waals surface area contributed by atoms with Crippen LogP contribution in [-0.2, 0) is 0 Å². The Morgan fingerprint density at radius 3 is 2.33 bits per heavy atom. The highest BCUT2D eigenvalue weighted by atomic mass is 15.2. The van der Waals surface area contributed by atoms with E-state index in [-0.39, 0.29) is 0 Å². The molecule has 0 aliphatic carbocycles. The van der Waals surface area contributed by atoms with Crippen LogP contribution in [0.1, 0.15) is 47.0 Å². The normalized spacial score (nSPS) is 32.7. The molecule has 3 nitrogen and oxygen atoms in total. The molecule has 0 saturated carbocycles. The molecule has 3 heteroatoms. The van der Waals surface area contributed by atoms with E-state index < -0.39 is 0 Å². The van der Waals surface area contributed by atoms with Crippen LogP contribution in [-0.4, -0.2) is 48.7 Å². The molecule has 0 radical (unpaired) electrons. The van der Waals surface area contributed by atoms with Crippen molar-refractivity contribution in [2.75, 3.05) is 26.2 Å². The number of piperidine rings is 2. The highest BCUT2D eigenvalue weighted by Crippen LogP contribution is 2.21. The number of nitrogens with zero attached hydrogens (tertiary/aromatic N) is 1. The van der Waals surface area contributed by atoms with Crippen molar-refractivity contribution in [2.45, 2.75) is 64.6 Å². The first kappa shape index (κ1) is 14.3. The summed E-state index contributed by atoms with van der Waals surface area (Å²) in [6.45, 7) is 14.2. The Bertz CT molecular complexity index is 251. The molecule has 0 aromatic carbocycles. The molecule has 2 heterocycles. The van der Waals surface area contributed by atoms with Crippen molar-refractivity contribution in [3.63, 3.8) is 0 Å². The Kier molecular flexibility index (Phi) is 4.68. The molecule has 2 fully saturated rings. The average Bonchev–Trinajstić information content (AvgIpc) is 2.32. The summed E-state index contributed by atoms with van der Waals surface area (Å²) in [6, 6.07) is 1.48. The molecule has 2 aliphatic rings. The van der Waals surface area contributed by atoms with E-state index in [1.165, 1.54) is 45.4 Å². The number of rotatable bonds is 2.